The molecule has 4 fully saturated rings. The van der Waals surface area contributed by atoms with Gasteiger partial charge in [0.25, 0.3) is 0 Å². The molecule has 0 aliphatic heterocycles. The highest BCUT2D eigenvalue weighted by atomic mass is 19.2. The molecule has 4 rings (SSSR count). The molecule has 186 valence electrons. The predicted molar refractivity (Wildman–Crippen MR) is 126 cm³/mol. The third-order valence-electron chi connectivity index (χ3n) is 9.60. The summed E-state index contributed by atoms with van der Waals surface area (Å²) in [5.41, 5.74) is 0. The van der Waals surface area contributed by atoms with E-state index in [1.165, 1.54) is 64.2 Å². The maximum absolute atomic E-state index is 14.8. The second-order valence-corrected chi connectivity index (χ2v) is 12.1. The number of alkyl halides is 2. The minimum atomic E-state index is -1.54. The second kappa shape index (κ2) is 12.0. The smallest absolute Gasteiger partial charge is 0.160 e. The summed E-state index contributed by atoms with van der Waals surface area (Å²) in [4.78, 5) is 0. The summed E-state index contributed by atoms with van der Waals surface area (Å²) in [5, 5.41) is 0. The molecule has 32 heavy (non-hydrogen) atoms. The van der Waals surface area contributed by atoms with Gasteiger partial charge in [0.2, 0.25) is 0 Å². The SMILES string of the molecule is CC1CCC(COC2CCC(OCC3CCC(C4CCC(C)CC4)CC3)C(F)C2F)CC1. The van der Waals surface area contributed by atoms with E-state index in [-0.39, 0.29) is 0 Å². The first-order chi connectivity index (χ1) is 15.5. The number of halogens is 2. The van der Waals surface area contributed by atoms with Crippen molar-refractivity contribution in [1.29, 1.82) is 0 Å². The zero-order chi connectivity index (χ0) is 22.5. The fourth-order valence-corrected chi connectivity index (χ4v) is 7.01. The van der Waals surface area contributed by atoms with E-state index in [2.05, 4.69) is 13.8 Å². The Balaban J connectivity index is 1.12. The van der Waals surface area contributed by atoms with Crippen molar-refractivity contribution in [1.82, 2.24) is 0 Å². The van der Waals surface area contributed by atoms with Gasteiger partial charge in [-0.2, -0.15) is 0 Å². The third-order valence-corrected chi connectivity index (χ3v) is 9.60. The number of rotatable bonds is 7. The predicted octanol–water partition coefficient (Wildman–Crippen LogP) is 7.69. The van der Waals surface area contributed by atoms with Gasteiger partial charge in [0.05, 0.1) is 12.2 Å². The zero-order valence-corrected chi connectivity index (χ0v) is 20.7. The quantitative estimate of drug-likeness (QED) is 0.393. The Bertz CT molecular complexity index is 534. The van der Waals surface area contributed by atoms with Gasteiger partial charge in [0, 0.05) is 13.2 Å². The topological polar surface area (TPSA) is 18.5 Å². The molecule has 0 aromatic carbocycles. The maximum Gasteiger partial charge on any atom is 0.160 e. The van der Waals surface area contributed by atoms with Crippen molar-refractivity contribution in [3.05, 3.63) is 0 Å². The summed E-state index contributed by atoms with van der Waals surface area (Å²) in [5.74, 6) is 4.60. The lowest BCUT2D eigenvalue weighted by Gasteiger charge is -2.38. The van der Waals surface area contributed by atoms with Gasteiger partial charge in [0.1, 0.15) is 0 Å². The van der Waals surface area contributed by atoms with Crippen LogP contribution in [0.3, 0.4) is 0 Å². The molecule has 4 heteroatoms. The van der Waals surface area contributed by atoms with Crippen LogP contribution < -0.4 is 0 Å². The monoisotopic (exact) mass is 454 g/mol. The maximum atomic E-state index is 14.8. The van der Waals surface area contributed by atoms with Crippen LogP contribution in [0.25, 0.3) is 0 Å². The molecule has 0 heterocycles. The van der Waals surface area contributed by atoms with Gasteiger partial charge >= 0.3 is 0 Å². The Morgan fingerprint density at radius 1 is 0.500 bits per heavy atom. The highest BCUT2D eigenvalue weighted by Crippen LogP contribution is 2.41. The van der Waals surface area contributed by atoms with Crippen LogP contribution in [0.1, 0.15) is 104 Å². The summed E-state index contributed by atoms with van der Waals surface area (Å²) in [6, 6.07) is 0. The van der Waals surface area contributed by atoms with E-state index in [0.717, 1.165) is 36.5 Å². The summed E-state index contributed by atoms with van der Waals surface area (Å²) in [7, 11) is 0. The van der Waals surface area contributed by atoms with Crippen molar-refractivity contribution in [2.24, 2.45) is 35.5 Å². The van der Waals surface area contributed by atoms with Crippen LogP contribution in [-0.4, -0.2) is 37.8 Å². The molecule has 0 N–H and O–H groups in total. The molecule has 4 aliphatic carbocycles. The first-order valence-electron chi connectivity index (χ1n) is 14.0. The first kappa shape index (κ1) is 24.9. The van der Waals surface area contributed by atoms with Crippen molar-refractivity contribution in [3.8, 4) is 0 Å². The lowest BCUT2D eigenvalue weighted by molar-refractivity contribution is -0.129. The molecule has 0 aromatic rings. The fourth-order valence-electron chi connectivity index (χ4n) is 7.01. The standard InChI is InChI=1S/C28H48F2O2/c1-19-3-7-21(8-4-19)17-31-25-15-16-26(28(30)27(25)29)32-18-22-9-13-24(14-10-22)23-11-5-20(2)6-12-23/h19-28H,3-18H2,1-2H3. The number of ether oxygens (including phenoxy) is 2. The minimum absolute atomic E-state index is 0.526. The largest absolute Gasteiger partial charge is 0.375 e. The lowest BCUT2D eigenvalue weighted by atomic mass is 9.69. The van der Waals surface area contributed by atoms with Gasteiger partial charge in [0.15, 0.2) is 12.3 Å². The highest BCUT2D eigenvalue weighted by Gasteiger charge is 2.42. The van der Waals surface area contributed by atoms with Gasteiger partial charge < -0.3 is 9.47 Å². The van der Waals surface area contributed by atoms with E-state index in [0.29, 0.717) is 37.9 Å². The molecule has 0 radical (unpaired) electrons. The Hall–Kier alpha value is -0.220. The Kier molecular flexibility index (Phi) is 9.30. The van der Waals surface area contributed by atoms with E-state index < -0.39 is 24.6 Å². The number of hydrogen-bond acceptors (Lipinski definition) is 2. The second-order valence-electron chi connectivity index (χ2n) is 12.1. The summed E-state index contributed by atoms with van der Waals surface area (Å²) < 4.78 is 41.5. The van der Waals surface area contributed by atoms with Crippen LogP contribution in [0.4, 0.5) is 8.78 Å². The van der Waals surface area contributed by atoms with E-state index in [1.54, 1.807) is 0 Å². The summed E-state index contributed by atoms with van der Waals surface area (Å²) >= 11 is 0. The average Bonchev–Trinajstić information content (AvgIpc) is 2.81. The molecule has 0 amide bonds. The molecule has 0 spiro atoms. The van der Waals surface area contributed by atoms with E-state index in [9.17, 15) is 8.78 Å². The molecule has 4 unspecified atom stereocenters. The van der Waals surface area contributed by atoms with E-state index >= 15 is 0 Å². The molecule has 4 saturated carbocycles. The van der Waals surface area contributed by atoms with Crippen LogP contribution in [0.5, 0.6) is 0 Å². The summed E-state index contributed by atoms with van der Waals surface area (Å²) in [6.07, 6.45) is 12.4. The molecule has 4 atom stereocenters. The van der Waals surface area contributed by atoms with Crippen LogP contribution in [-0.2, 0) is 9.47 Å². The summed E-state index contributed by atoms with van der Waals surface area (Å²) in [6.45, 7) is 5.89. The molecular weight excluding hydrogens is 406 g/mol. The Morgan fingerprint density at radius 2 is 0.844 bits per heavy atom. The molecule has 0 saturated heterocycles. The van der Waals surface area contributed by atoms with Gasteiger partial charge in [-0.25, -0.2) is 8.78 Å². The van der Waals surface area contributed by atoms with Crippen LogP contribution in [0, 0.1) is 35.5 Å². The van der Waals surface area contributed by atoms with Gasteiger partial charge in [-0.15, -0.1) is 0 Å². The van der Waals surface area contributed by atoms with Crippen molar-refractivity contribution in [3.63, 3.8) is 0 Å². The van der Waals surface area contributed by atoms with Crippen molar-refractivity contribution in [2.75, 3.05) is 13.2 Å². The zero-order valence-electron chi connectivity index (χ0n) is 20.7. The van der Waals surface area contributed by atoms with Crippen LogP contribution >= 0.6 is 0 Å². The van der Waals surface area contributed by atoms with Gasteiger partial charge in [-0.05, 0) is 99.7 Å². The van der Waals surface area contributed by atoms with Crippen LogP contribution in [0.15, 0.2) is 0 Å². The van der Waals surface area contributed by atoms with E-state index in [4.69, 9.17) is 9.47 Å². The Morgan fingerprint density at radius 3 is 1.28 bits per heavy atom. The van der Waals surface area contributed by atoms with Gasteiger partial charge in [-0.3, -0.25) is 0 Å². The number of hydrogen-bond donors (Lipinski definition) is 0. The molecule has 2 nitrogen and oxygen atoms in total. The molecule has 0 aromatic heterocycles. The fraction of sp³-hybridized carbons (Fsp3) is 1.00. The minimum Gasteiger partial charge on any atom is -0.375 e. The average molecular weight is 455 g/mol. The van der Waals surface area contributed by atoms with Crippen molar-refractivity contribution in [2.45, 2.75) is 128 Å². The molecular formula is C28H48F2O2. The van der Waals surface area contributed by atoms with Crippen LogP contribution in [0.2, 0.25) is 0 Å². The Labute approximate surface area is 195 Å². The third kappa shape index (κ3) is 6.68. The normalized spacial score (nSPS) is 46.1. The molecule has 0 bridgehead atoms. The van der Waals surface area contributed by atoms with Gasteiger partial charge in [-0.1, -0.05) is 39.5 Å². The molecule has 4 aliphatic rings. The van der Waals surface area contributed by atoms with E-state index in [1.807, 2.05) is 0 Å². The van der Waals surface area contributed by atoms with Crippen molar-refractivity contribution >= 4 is 0 Å². The first-order valence-corrected chi connectivity index (χ1v) is 14.0. The lowest BCUT2D eigenvalue weighted by Crippen LogP contribution is -2.47. The highest BCUT2D eigenvalue weighted by molar-refractivity contribution is 4.91. The van der Waals surface area contributed by atoms with Crippen molar-refractivity contribution < 1.29 is 18.3 Å².